The molecule has 3 rings (SSSR count). The van der Waals surface area contributed by atoms with Crippen molar-refractivity contribution in [1.29, 1.82) is 0 Å². The van der Waals surface area contributed by atoms with Gasteiger partial charge < -0.3 is 10.5 Å². The van der Waals surface area contributed by atoms with Crippen LogP contribution in [0.1, 0.15) is 30.6 Å². The van der Waals surface area contributed by atoms with E-state index in [0.29, 0.717) is 5.41 Å². The SMILES string of the molecule is CC1(CN)CCN(CC2OCCc3ccccc32)C1. The highest BCUT2D eigenvalue weighted by atomic mass is 16.5. The predicted octanol–water partition coefficient (Wildman–Crippen LogP) is 1.97. The summed E-state index contributed by atoms with van der Waals surface area (Å²) in [5.41, 5.74) is 9.02. The number of rotatable bonds is 3. The molecular formula is C16H24N2O. The van der Waals surface area contributed by atoms with E-state index in [1.165, 1.54) is 17.5 Å². The highest BCUT2D eigenvalue weighted by Crippen LogP contribution is 2.33. The minimum atomic E-state index is 0.241. The van der Waals surface area contributed by atoms with Gasteiger partial charge in [-0.25, -0.2) is 0 Å². The predicted molar refractivity (Wildman–Crippen MR) is 77.1 cm³/mol. The third-order valence-electron chi connectivity index (χ3n) is 4.65. The van der Waals surface area contributed by atoms with Crippen molar-refractivity contribution < 1.29 is 4.74 Å². The summed E-state index contributed by atoms with van der Waals surface area (Å²) in [5, 5.41) is 0. The van der Waals surface area contributed by atoms with Gasteiger partial charge >= 0.3 is 0 Å². The highest BCUT2D eigenvalue weighted by molar-refractivity contribution is 5.31. The normalized spacial score (nSPS) is 31.4. The molecule has 2 aliphatic rings. The second-order valence-corrected chi connectivity index (χ2v) is 6.31. The summed E-state index contributed by atoms with van der Waals surface area (Å²) in [7, 11) is 0. The number of benzene rings is 1. The van der Waals surface area contributed by atoms with Crippen LogP contribution in [-0.2, 0) is 11.2 Å². The smallest absolute Gasteiger partial charge is 0.0954 e. The molecule has 104 valence electrons. The molecule has 1 aromatic rings. The van der Waals surface area contributed by atoms with Gasteiger partial charge in [0.1, 0.15) is 0 Å². The van der Waals surface area contributed by atoms with Gasteiger partial charge in [0, 0.05) is 13.1 Å². The molecule has 2 N–H and O–H groups in total. The van der Waals surface area contributed by atoms with Gasteiger partial charge in [0.15, 0.2) is 0 Å². The Labute approximate surface area is 115 Å². The summed E-state index contributed by atoms with van der Waals surface area (Å²) in [6.45, 7) is 7.19. The Morgan fingerprint density at radius 3 is 3.05 bits per heavy atom. The summed E-state index contributed by atoms with van der Waals surface area (Å²) in [4.78, 5) is 2.51. The lowest BCUT2D eigenvalue weighted by molar-refractivity contribution is 0.0188. The van der Waals surface area contributed by atoms with Crippen LogP contribution in [-0.4, -0.2) is 37.7 Å². The Morgan fingerprint density at radius 1 is 1.42 bits per heavy atom. The topological polar surface area (TPSA) is 38.5 Å². The average Bonchev–Trinajstić information content (AvgIpc) is 2.82. The average molecular weight is 260 g/mol. The Hall–Kier alpha value is -0.900. The summed E-state index contributed by atoms with van der Waals surface area (Å²) in [6, 6.07) is 8.70. The van der Waals surface area contributed by atoms with Gasteiger partial charge in [-0.3, -0.25) is 4.90 Å². The van der Waals surface area contributed by atoms with E-state index < -0.39 is 0 Å². The quantitative estimate of drug-likeness (QED) is 0.903. The van der Waals surface area contributed by atoms with Crippen LogP contribution in [0.3, 0.4) is 0 Å². The molecule has 3 nitrogen and oxygen atoms in total. The lowest BCUT2D eigenvalue weighted by Gasteiger charge is -2.30. The van der Waals surface area contributed by atoms with Crippen molar-refractivity contribution in [2.45, 2.75) is 25.9 Å². The van der Waals surface area contributed by atoms with E-state index >= 15 is 0 Å². The maximum Gasteiger partial charge on any atom is 0.0954 e. The number of hydrogen-bond acceptors (Lipinski definition) is 3. The largest absolute Gasteiger partial charge is 0.372 e. The molecule has 2 atom stereocenters. The zero-order valence-corrected chi connectivity index (χ0v) is 11.8. The summed E-state index contributed by atoms with van der Waals surface area (Å²) < 4.78 is 6.00. The van der Waals surface area contributed by atoms with Crippen molar-refractivity contribution >= 4 is 0 Å². The molecule has 2 heterocycles. The highest BCUT2D eigenvalue weighted by Gasteiger charge is 2.34. The molecule has 2 aliphatic heterocycles. The number of likely N-dealkylation sites (tertiary alicyclic amines) is 1. The zero-order chi connectivity index (χ0) is 13.3. The van der Waals surface area contributed by atoms with Gasteiger partial charge in [0.25, 0.3) is 0 Å². The van der Waals surface area contributed by atoms with E-state index in [1.807, 2.05) is 0 Å². The maximum atomic E-state index is 6.00. The first-order valence-electron chi connectivity index (χ1n) is 7.32. The monoisotopic (exact) mass is 260 g/mol. The van der Waals surface area contributed by atoms with E-state index in [9.17, 15) is 0 Å². The van der Waals surface area contributed by atoms with Crippen LogP contribution in [0.4, 0.5) is 0 Å². The lowest BCUT2D eigenvalue weighted by atomic mass is 9.90. The minimum Gasteiger partial charge on any atom is -0.372 e. The minimum absolute atomic E-state index is 0.241. The molecule has 0 spiro atoms. The number of nitrogens with zero attached hydrogens (tertiary/aromatic N) is 1. The van der Waals surface area contributed by atoms with Gasteiger partial charge in [-0.1, -0.05) is 31.2 Å². The zero-order valence-electron chi connectivity index (χ0n) is 11.8. The Kier molecular flexibility index (Phi) is 3.61. The summed E-state index contributed by atoms with van der Waals surface area (Å²) >= 11 is 0. The first kappa shape index (κ1) is 13.1. The molecule has 1 aromatic carbocycles. The van der Waals surface area contributed by atoms with E-state index in [4.69, 9.17) is 10.5 Å². The molecule has 0 aromatic heterocycles. The van der Waals surface area contributed by atoms with E-state index in [-0.39, 0.29) is 6.10 Å². The maximum absolute atomic E-state index is 6.00. The van der Waals surface area contributed by atoms with E-state index in [0.717, 1.165) is 39.2 Å². The Bertz CT molecular complexity index is 448. The van der Waals surface area contributed by atoms with Crippen LogP contribution in [0.15, 0.2) is 24.3 Å². The Morgan fingerprint density at radius 2 is 2.26 bits per heavy atom. The second kappa shape index (κ2) is 5.23. The molecule has 1 saturated heterocycles. The van der Waals surface area contributed by atoms with Crippen molar-refractivity contribution in [3.63, 3.8) is 0 Å². The van der Waals surface area contributed by atoms with Gasteiger partial charge in [-0.15, -0.1) is 0 Å². The standard InChI is InChI=1S/C16H24N2O/c1-16(11-17)7-8-18(12-16)10-15-14-5-3-2-4-13(14)6-9-19-15/h2-5,15H,6-12,17H2,1H3. The second-order valence-electron chi connectivity index (χ2n) is 6.31. The molecule has 0 bridgehead atoms. The third kappa shape index (κ3) is 2.69. The molecule has 0 aliphatic carbocycles. The van der Waals surface area contributed by atoms with Crippen molar-refractivity contribution in [3.8, 4) is 0 Å². The lowest BCUT2D eigenvalue weighted by Crippen LogP contribution is -2.34. The fraction of sp³-hybridized carbons (Fsp3) is 0.625. The number of hydrogen-bond donors (Lipinski definition) is 1. The van der Waals surface area contributed by atoms with Crippen LogP contribution in [0, 0.1) is 5.41 Å². The van der Waals surface area contributed by atoms with E-state index in [1.54, 1.807) is 0 Å². The first-order chi connectivity index (χ1) is 9.20. The Balaban J connectivity index is 1.69. The molecular weight excluding hydrogens is 236 g/mol. The van der Waals surface area contributed by atoms with Crippen molar-refractivity contribution in [2.24, 2.45) is 11.1 Å². The van der Waals surface area contributed by atoms with Crippen LogP contribution in [0.25, 0.3) is 0 Å². The number of nitrogens with two attached hydrogens (primary N) is 1. The fourth-order valence-electron chi connectivity index (χ4n) is 3.31. The van der Waals surface area contributed by atoms with Crippen LogP contribution < -0.4 is 5.73 Å². The van der Waals surface area contributed by atoms with Crippen LogP contribution >= 0.6 is 0 Å². The van der Waals surface area contributed by atoms with Gasteiger partial charge in [0.2, 0.25) is 0 Å². The first-order valence-corrected chi connectivity index (χ1v) is 7.32. The molecule has 19 heavy (non-hydrogen) atoms. The van der Waals surface area contributed by atoms with Gasteiger partial charge in [-0.05, 0) is 42.5 Å². The molecule has 3 heteroatoms. The van der Waals surface area contributed by atoms with E-state index in [2.05, 4.69) is 36.1 Å². The van der Waals surface area contributed by atoms with Crippen molar-refractivity contribution in [2.75, 3.05) is 32.8 Å². The molecule has 1 fully saturated rings. The van der Waals surface area contributed by atoms with Crippen molar-refractivity contribution in [1.82, 2.24) is 4.90 Å². The summed E-state index contributed by atoms with van der Waals surface area (Å²) in [5.74, 6) is 0. The van der Waals surface area contributed by atoms with Crippen molar-refractivity contribution in [3.05, 3.63) is 35.4 Å². The third-order valence-corrected chi connectivity index (χ3v) is 4.65. The molecule has 0 amide bonds. The molecule has 2 unspecified atom stereocenters. The van der Waals surface area contributed by atoms with Crippen LogP contribution in [0.2, 0.25) is 0 Å². The van der Waals surface area contributed by atoms with Gasteiger partial charge in [-0.2, -0.15) is 0 Å². The molecule has 0 saturated carbocycles. The fourth-order valence-corrected chi connectivity index (χ4v) is 3.31. The van der Waals surface area contributed by atoms with Gasteiger partial charge in [0.05, 0.1) is 12.7 Å². The number of fused-ring (bicyclic) bond motifs is 1. The number of ether oxygens (including phenoxy) is 1. The summed E-state index contributed by atoms with van der Waals surface area (Å²) in [6.07, 6.45) is 2.50. The van der Waals surface area contributed by atoms with Crippen LogP contribution in [0.5, 0.6) is 0 Å². The molecule has 0 radical (unpaired) electrons.